The summed E-state index contributed by atoms with van der Waals surface area (Å²) in [5, 5.41) is 8.62. The van der Waals surface area contributed by atoms with E-state index in [1.54, 1.807) is 0 Å². The van der Waals surface area contributed by atoms with E-state index in [1.807, 2.05) is 0 Å². The molecule has 1 fully saturated rings. The molecular formula is C9H9F5O2. The molecule has 92 valence electrons. The molecule has 1 aliphatic rings. The molecule has 1 N–H and O–H groups in total. The molecule has 0 spiro atoms. The van der Waals surface area contributed by atoms with E-state index < -0.39 is 29.6 Å². The predicted molar refractivity (Wildman–Crippen MR) is 44.1 cm³/mol. The van der Waals surface area contributed by atoms with Gasteiger partial charge in [0.1, 0.15) is 0 Å². The molecule has 0 amide bonds. The fourth-order valence-corrected chi connectivity index (χ4v) is 1.18. The standard InChI is InChI=1S/C9H9F5O2/c10-8(11,9(12,13)14)7(16)4-6(15)5-2-1-3-5/h4-5,16H,1-3H2/b7-4-. The highest BCUT2D eigenvalue weighted by atomic mass is 19.4. The minimum absolute atomic E-state index is 0.0166. The highest BCUT2D eigenvalue weighted by Crippen LogP contribution is 2.40. The first-order chi connectivity index (χ1) is 7.16. The van der Waals surface area contributed by atoms with Gasteiger partial charge in [-0.3, -0.25) is 4.79 Å². The summed E-state index contributed by atoms with van der Waals surface area (Å²) in [5.74, 6) is -9.03. The van der Waals surface area contributed by atoms with Gasteiger partial charge in [-0.25, -0.2) is 0 Å². The summed E-state index contributed by atoms with van der Waals surface area (Å²) in [5.41, 5.74) is 0. The van der Waals surface area contributed by atoms with Gasteiger partial charge < -0.3 is 5.11 Å². The van der Waals surface area contributed by atoms with Gasteiger partial charge in [-0.05, 0) is 12.8 Å². The monoisotopic (exact) mass is 244 g/mol. The van der Waals surface area contributed by atoms with Gasteiger partial charge >= 0.3 is 12.1 Å². The van der Waals surface area contributed by atoms with Crippen LogP contribution < -0.4 is 0 Å². The van der Waals surface area contributed by atoms with E-state index in [9.17, 15) is 26.7 Å². The van der Waals surface area contributed by atoms with Crippen LogP contribution in [-0.4, -0.2) is 23.0 Å². The normalized spacial score (nSPS) is 19.4. The molecule has 0 aromatic heterocycles. The lowest BCUT2D eigenvalue weighted by Crippen LogP contribution is -2.39. The van der Waals surface area contributed by atoms with Gasteiger partial charge in [-0.15, -0.1) is 0 Å². The topological polar surface area (TPSA) is 37.3 Å². The van der Waals surface area contributed by atoms with Crippen molar-refractivity contribution >= 4 is 5.78 Å². The molecule has 0 saturated heterocycles. The molecule has 0 atom stereocenters. The molecule has 0 unspecified atom stereocenters. The molecule has 0 aliphatic heterocycles. The lowest BCUT2D eigenvalue weighted by molar-refractivity contribution is -0.274. The largest absolute Gasteiger partial charge is 0.506 e. The summed E-state index contributed by atoms with van der Waals surface area (Å²) in [7, 11) is 0. The van der Waals surface area contributed by atoms with Crippen LogP contribution in [0.1, 0.15) is 19.3 Å². The number of alkyl halides is 5. The lowest BCUT2D eigenvalue weighted by Gasteiger charge is -2.23. The van der Waals surface area contributed by atoms with Gasteiger partial charge in [-0.2, -0.15) is 22.0 Å². The maximum atomic E-state index is 12.5. The van der Waals surface area contributed by atoms with Crippen LogP contribution in [0.3, 0.4) is 0 Å². The number of aliphatic hydroxyl groups excluding tert-OH is 1. The number of halogens is 5. The van der Waals surface area contributed by atoms with Crippen molar-refractivity contribution in [1.82, 2.24) is 0 Å². The van der Waals surface area contributed by atoms with Gasteiger partial charge in [0.2, 0.25) is 0 Å². The van der Waals surface area contributed by atoms with Crippen molar-refractivity contribution in [1.29, 1.82) is 0 Å². The Kier molecular flexibility index (Phi) is 3.25. The Hall–Kier alpha value is -1.14. The summed E-state index contributed by atoms with van der Waals surface area (Å²) in [6.07, 6.45) is -4.26. The highest BCUT2D eigenvalue weighted by Gasteiger charge is 2.61. The maximum absolute atomic E-state index is 12.5. The van der Waals surface area contributed by atoms with Crippen LogP contribution in [0.4, 0.5) is 22.0 Å². The number of allylic oxidation sites excluding steroid dienone is 2. The lowest BCUT2D eigenvalue weighted by atomic mass is 9.82. The van der Waals surface area contributed by atoms with Gasteiger partial charge in [-0.1, -0.05) is 6.42 Å². The number of carbonyl (C=O) groups excluding carboxylic acids is 1. The van der Waals surface area contributed by atoms with Crippen LogP contribution in [0, 0.1) is 5.92 Å². The van der Waals surface area contributed by atoms with Gasteiger partial charge in [0.25, 0.3) is 0 Å². The van der Waals surface area contributed by atoms with Gasteiger partial charge in [0, 0.05) is 12.0 Å². The molecule has 7 heteroatoms. The third-order valence-corrected chi connectivity index (χ3v) is 2.46. The number of carbonyl (C=O) groups is 1. The minimum atomic E-state index is -5.90. The third kappa shape index (κ3) is 2.33. The first kappa shape index (κ1) is 12.9. The zero-order chi connectivity index (χ0) is 12.6. The van der Waals surface area contributed by atoms with Crippen LogP contribution in [-0.2, 0) is 4.79 Å². The average molecular weight is 244 g/mol. The van der Waals surface area contributed by atoms with E-state index in [1.165, 1.54) is 0 Å². The third-order valence-electron chi connectivity index (χ3n) is 2.46. The van der Waals surface area contributed by atoms with Gasteiger partial charge in [0.05, 0.1) is 0 Å². The molecule has 16 heavy (non-hydrogen) atoms. The summed E-state index contributed by atoms with van der Waals surface area (Å²) < 4.78 is 60.3. The van der Waals surface area contributed by atoms with Crippen LogP contribution in [0.2, 0.25) is 0 Å². The van der Waals surface area contributed by atoms with E-state index in [0.717, 1.165) is 6.42 Å². The first-order valence-corrected chi connectivity index (χ1v) is 4.56. The second-order valence-electron chi connectivity index (χ2n) is 3.63. The van der Waals surface area contributed by atoms with E-state index in [4.69, 9.17) is 5.11 Å². The molecule has 2 nitrogen and oxygen atoms in total. The molecule has 0 radical (unpaired) electrons. The SMILES string of the molecule is O=C(/C=C(\O)C(F)(F)C(F)(F)F)C1CCC1. The van der Waals surface area contributed by atoms with E-state index >= 15 is 0 Å². The summed E-state index contributed by atoms with van der Waals surface area (Å²) in [6.45, 7) is 0. The van der Waals surface area contributed by atoms with Crippen LogP contribution in [0.15, 0.2) is 11.8 Å². The zero-order valence-electron chi connectivity index (χ0n) is 8.02. The molecule has 1 saturated carbocycles. The highest BCUT2D eigenvalue weighted by molar-refractivity contribution is 5.92. The number of hydrogen-bond acceptors (Lipinski definition) is 2. The second-order valence-corrected chi connectivity index (χ2v) is 3.63. The fourth-order valence-electron chi connectivity index (χ4n) is 1.18. The smallest absolute Gasteiger partial charge is 0.461 e. The van der Waals surface area contributed by atoms with Gasteiger partial charge in [0.15, 0.2) is 11.5 Å². The van der Waals surface area contributed by atoms with Crippen molar-refractivity contribution < 1.29 is 31.9 Å². The fraction of sp³-hybridized carbons (Fsp3) is 0.667. The first-order valence-electron chi connectivity index (χ1n) is 4.56. The molecule has 1 aliphatic carbocycles. The number of rotatable bonds is 3. The molecule has 0 aromatic rings. The Morgan fingerprint density at radius 3 is 2.00 bits per heavy atom. The van der Waals surface area contributed by atoms with Crippen LogP contribution in [0.5, 0.6) is 0 Å². The number of ketones is 1. The zero-order valence-corrected chi connectivity index (χ0v) is 8.02. The second kappa shape index (κ2) is 4.03. The Morgan fingerprint density at radius 1 is 1.19 bits per heavy atom. The van der Waals surface area contributed by atoms with E-state index in [0.29, 0.717) is 12.8 Å². The average Bonchev–Trinajstić information content (AvgIpc) is 1.97. The Balaban J connectivity index is 2.79. The van der Waals surface area contributed by atoms with Crippen molar-refractivity contribution in [3.8, 4) is 0 Å². The van der Waals surface area contributed by atoms with Crippen molar-refractivity contribution in [2.45, 2.75) is 31.4 Å². The predicted octanol–water partition coefficient (Wildman–Crippen LogP) is 3.00. The Labute approximate surface area is 87.7 Å². The number of hydrogen-bond donors (Lipinski definition) is 1. The molecule has 0 aromatic carbocycles. The number of aliphatic hydroxyl groups is 1. The minimum Gasteiger partial charge on any atom is -0.506 e. The molecule has 1 rings (SSSR count). The van der Waals surface area contributed by atoms with E-state index in [-0.39, 0.29) is 6.08 Å². The Bertz CT molecular complexity index is 314. The van der Waals surface area contributed by atoms with Crippen LogP contribution in [0.25, 0.3) is 0 Å². The van der Waals surface area contributed by atoms with Crippen molar-refractivity contribution in [3.63, 3.8) is 0 Å². The summed E-state index contributed by atoms with van der Waals surface area (Å²) in [6, 6.07) is 0. The van der Waals surface area contributed by atoms with Crippen molar-refractivity contribution in [3.05, 3.63) is 11.8 Å². The van der Waals surface area contributed by atoms with Crippen molar-refractivity contribution in [2.24, 2.45) is 5.92 Å². The molecular weight excluding hydrogens is 235 g/mol. The van der Waals surface area contributed by atoms with Crippen molar-refractivity contribution in [2.75, 3.05) is 0 Å². The van der Waals surface area contributed by atoms with E-state index in [2.05, 4.69) is 0 Å². The Morgan fingerprint density at radius 2 is 1.69 bits per heavy atom. The maximum Gasteiger partial charge on any atom is 0.461 e. The molecule has 0 bridgehead atoms. The molecule has 0 heterocycles. The quantitative estimate of drug-likeness (QED) is 0.470. The summed E-state index contributed by atoms with van der Waals surface area (Å²) in [4.78, 5) is 11.1. The van der Waals surface area contributed by atoms with Crippen LogP contribution >= 0.6 is 0 Å². The summed E-state index contributed by atoms with van der Waals surface area (Å²) >= 11 is 0.